The molecule has 0 aromatic heterocycles. The van der Waals surface area contributed by atoms with E-state index in [1.165, 1.54) is 30.9 Å². The Morgan fingerprint density at radius 2 is 1.32 bits per heavy atom. The molecule has 0 N–H and O–H groups in total. The maximum absolute atomic E-state index is 14.4. The van der Waals surface area contributed by atoms with Crippen LogP contribution in [0, 0.1) is 23.0 Å². The van der Waals surface area contributed by atoms with Crippen LogP contribution in [0.2, 0.25) is 0 Å². The molecule has 0 atom stereocenters. The zero-order valence-corrected chi connectivity index (χ0v) is 17.5. The number of hydrogen-bond acceptors (Lipinski definition) is 1. The van der Waals surface area contributed by atoms with Gasteiger partial charge in [-0.25, -0.2) is 8.78 Å². The highest BCUT2D eigenvalue weighted by molar-refractivity contribution is 5.89. The maximum atomic E-state index is 14.4. The largest absolute Gasteiger partial charge is 0.205 e. The Balaban J connectivity index is 1.58. The fourth-order valence-electron chi connectivity index (χ4n) is 3.91. The van der Waals surface area contributed by atoms with E-state index in [9.17, 15) is 8.78 Å². The van der Waals surface area contributed by atoms with Crippen molar-refractivity contribution in [1.29, 1.82) is 5.26 Å². The monoisotopic (exact) mass is 411 g/mol. The molecule has 1 nitrogen and oxygen atoms in total. The van der Waals surface area contributed by atoms with Gasteiger partial charge in [0.15, 0.2) is 5.82 Å². The van der Waals surface area contributed by atoms with Gasteiger partial charge in [0.25, 0.3) is 0 Å². The molecular formula is C28H23F2N. The summed E-state index contributed by atoms with van der Waals surface area (Å²) in [6, 6.07) is 24.8. The van der Waals surface area contributed by atoms with Gasteiger partial charge in [0.2, 0.25) is 0 Å². The van der Waals surface area contributed by atoms with Crippen LogP contribution in [0.4, 0.5) is 8.78 Å². The summed E-state index contributed by atoms with van der Waals surface area (Å²) in [6.45, 7) is 2.21. The van der Waals surface area contributed by atoms with Crippen LogP contribution < -0.4 is 0 Å². The molecule has 0 radical (unpaired) electrons. The molecule has 154 valence electrons. The molecule has 0 amide bonds. The lowest BCUT2D eigenvalue weighted by atomic mass is 9.96. The quantitative estimate of drug-likeness (QED) is 0.294. The smallest absolute Gasteiger partial charge is 0.151 e. The fraction of sp³-hybridized carbons (Fsp3) is 0.179. The van der Waals surface area contributed by atoms with Crippen LogP contribution in [-0.4, -0.2) is 0 Å². The molecule has 0 heterocycles. The predicted octanol–water partition coefficient (Wildman–Crippen LogP) is 8.06. The van der Waals surface area contributed by atoms with E-state index < -0.39 is 17.2 Å². The lowest BCUT2D eigenvalue weighted by molar-refractivity contribution is 0.585. The van der Waals surface area contributed by atoms with Crippen LogP contribution in [0.5, 0.6) is 0 Å². The molecule has 0 aliphatic rings. The van der Waals surface area contributed by atoms with Crippen molar-refractivity contribution in [2.75, 3.05) is 0 Å². The Hall–Kier alpha value is -3.51. The molecule has 4 aromatic carbocycles. The van der Waals surface area contributed by atoms with Crippen molar-refractivity contribution >= 4 is 10.8 Å². The SMILES string of the molecule is CCCCCc1ccc(-c2ccc(-c3ccc4c(F)c(C#N)c(F)cc4c3)cc2)cc1. The molecule has 4 rings (SSSR count). The molecule has 0 spiro atoms. The standard InChI is InChI=1S/C28H23F2N/c1-2-3-4-5-19-6-8-20(9-7-19)21-10-12-22(13-11-21)23-14-15-25-24(16-23)17-27(29)26(18-31)28(25)30/h6-17H,2-5H2,1H3. The first-order valence-electron chi connectivity index (χ1n) is 10.6. The Bertz CT molecular complexity index is 1250. The molecular weight excluding hydrogens is 388 g/mol. The van der Waals surface area contributed by atoms with Crippen molar-refractivity contribution in [2.45, 2.75) is 32.6 Å². The third kappa shape index (κ3) is 4.34. The van der Waals surface area contributed by atoms with Gasteiger partial charge in [-0.3, -0.25) is 0 Å². The summed E-state index contributed by atoms with van der Waals surface area (Å²) in [7, 11) is 0. The van der Waals surface area contributed by atoms with Crippen LogP contribution in [0.25, 0.3) is 33.0 Å². The van der Waals surface area contributed by atoms with E-state index in [4.69, 9.17) is 5.26 Å². The van der Waals surface area contributed by atoms with Gasteiger partial charge in [0.05, 0.1) is 0 Å². The summed E-state index contributed by atoms with van der Waals surface area (Å²) in [4.78, 5) is 0. The topological polar surface area (TPSA) is 23.8 Å². The maximum Gasteiger partial charge on any atom is 0.151 e. The summed E-state index contributed by atoms with van der Waals surface area (Å²) in [5.74, 6) is -1.64. The Kier molecular flexibility index (Phi) is 6.09. The summed E-state index contributed by atoms with van der Waals surface area (Å²) >= 11 is 0. The molecule has 0 fully saturated rings. The Labute approximate surface area is 181 Å². The Morgan fingerprint density at radius 3 is 1.94 bits per heavy atom. The van der Waals surface area contributed by atoms with Gasteiger partial charge >= 0.3 is 0 Å². The van der Waals surface area contributed by atoms with Gasteiger partial charge < -0.3 is 0 Å². The summed E-state index contributed by atoms with van der Waals surface area (Å²) in [6.07, 6.45) is 4.83. The zero-order chi connectivity index (χ0) is 21.8. The van der Waals surface area contributed by atoms with Crippen LogP contribution >= 0.6 is 0 Å². The zero-order valence-electron chi connectivity index (χ0n) is 17.5. The van der Waals surface area contributed by atoms with E-state index in [2.05, 4.69) is 43.3 Å². The van der Waals surface area contributed by atoms with Crippen molar-refractivity contribution in [3.63, 3.8) is 0 Å². The van der Waals surface area contributed by atoms with Gasteiger partial charge in [-0.1, -0.05) is 80.4 Å². The van der Waals surface area contributed by atoms with E-state index in [0.29, 0.717) is 5.39 Å². The number of fused-ring (bicyclic) bond motifs is 1. The van der Waals surface area contributed by atoms with Gasteiger partial charge in [0, 0.05) is 5.39 Å². The average Bonchev–Trinajstić information content (AvgIpc) is 2.80. The molecule has 0 aliphatic carbocycles. The minimum absolute atomic E-state index is 0.248. The average molecular weight is 411 g/mol. The van der Waals surface area contributed by atoms with Crippen LogP contribution in [0.15, 0.2) is 72.8 Å². The minimum Gasteiger partial charge on any atom is -0.205 e. The second-order valence-electron chi connectivity index (χ2n) is 7.83. The normalized spacial score (nSPS) is 10.9. The number of nitriles is 1. The lowest BCUT2D eigenvalue weighted by Crippen LogP contribution is -1.92. The van der Waals surface area contributed by atoms with Crippen molar-refractivity contribution in [2.24, 2.45) is 0 Å². The molecule has 31 heavy (non-hydrogen) atoms. The van der Waals surface area contributed by atoms with Gasteiger partial charge in [-0.05, 0) is 58.2 Å². The molecule has 0 aliphatic heterocycles. The van der Waals surface area contributed by atoms with Gasteiger partial charge in [-0.15, -0.1) is 0 Å². The molecule has 0 unspecified atom stereocenters. The van der Waals surface area contributed by atoms with Crippen molar-refractivity contribution in [3.05, 3.63) is 95.6 Å². The number of unbranched alkanes of at least 4 members (excludes halogenated alkanes) is 2. The summed E-state index contributed by atoms with van der Waals surface area (Å²) in [5.41, 5.74) is 4.95. The number of hydrogen-bond donors (Lipinski definition) is 0. The van der Waals surface area contributed by atoms with E-state index in [1.807, 2.05) is 12.1 Å². The predicted molar refractivity (Wildman–Crippen MR) is 123 cm³/mol. The first-order chi connectivity index (χ1) is 15.1. The summed E-state index contributed by atoms with van der Waals surface area (Å²) in [5, 5.41) is 9.63. The van der Waals surface area contributed by atoms with Gasteiger partial charge in [-0.2, -0.15) is 5.26 Å². The number of rotatable bonds is 6. The first kappa shape index (κ1) is 20.8. The highest BCUT2D eigenvalue weighted by atomic mass is 19.1. The fourth-order valence-corrected chi connectivity index (χ4v) is 3.91. The molecule has 3 heteroatoms. The molecule has 0 saturated carbocycles. The van der Waals surface area contributed by atoms with Crippen LogP contribution in [0.3, 0.4) is 0 Å². The third-order valence-corrected chi connectivity index (χ3v) is 5.71. The number of benzene rings is 4. The minimum atomic E-state index is -0.835. The van der Waals surface area contributed by atoms with Crippen molar-refractivity contribution in [1.82, 2.24) is 0 Å². The third-order valence-electron chi connectivity index (χ3n) is 5.71. The van der Waals surface area contributed by atoms with Crippen LogP contribution in [-0.2, 0) is 6.42 Å². The van der Waals surface area contributed by atoms with Crippen LogP contribution in [0.1, 0.15) is 37.3 Å². The van der Waals surface area contributed by atoms with E-state index >= 15 is 0 Å². The second-order valence-corrected chi connectivity index (χ2v) is 7.83. The highest BCUT2D eigenvalue weighted by Crippen LogP contribution is 2.30. The van der Waals surface area contributed by atoms with E-state index in [1.54, 1.807) is 24.3 Å². The lowest BCUT2D eigenvalue weighted by Gasteiger charge is -2.09. The number of nitrogens with zero attached hydrogens (tertiary/aromatic N) is 1. The number of halogens is 2. The molecule has 0 bridgehead atoms. The van der Waals surface area contributed by atoms with Crippen molar-refractivity contribution in [3.8, 4) is 28.3 Å². The van der Waals surface area contributed by atoms with E-state index in [-0.39, 0.29) is 5.39 Å². The number of aryl methyl sites for hydroxylation is 1. The second kappa shape index (κ2) is 9.10. The van der Waals surface area contributed by atoms with Gasteiger partial charge in [0.1, 0.15) is 17.4 Å². The Morgan fingerprint density at radius 1 is 0.742 bits per heavy atom. The first-order valence-corrected chi connectivity index (χ1v) is 10.6. The highest BCUT2D eigenvalue weighted by Gasteiger charge is 2.14. The van der Waals surface area contributed by atoms with E-state index in [0.717, 1.165) is 28.7 Å². The molecule has 0 saturated heterocycles. The van der Waals surface area contributed by atoms with Crippen molar-refractivity contribution < 1.29 is 8.78 Å². The molecule has 4 aromatic rings. The summed E-state index contributed by atoms with van der Waals surface area (Å²) < 4.78 is 28.4.